The molecule has 2 N–H and O–H groups in total. The second-order valence-corrected chi connectivity index (χ2v) is 4.15. The van der Waals surface area contributed by atoms with E-state index < -0.39 is 5.97 Å². The largest absolute Gasteiger partial charge is 0.476 e. The first-order chi connectivity index (χ1) is 8.56. The van der Waals surface area contributed by atoms with Gasteiger partial charge in [-0.3, -0.25) is 4.79 Å². The molecule has 1 fully saturated rings. The normalized spacial score (nSPS) is 22.9. The van der Waals surface area contributed by atoms with Crippen molar-refractivity contribution in [3.8, 4) is 0 Å². The molecule has 1 amide bonds. The molecule has 0 radical (unpaired) electrons. The van der Waals surface area contributed by atoms with Crippen LogP contribution < -0.4 is 5.32 Å². The standard InChI is InChI=1S/C10H14N4O4/c1-6-7(2-3-18-6)11-9(15)5-14-4-8(10(16)17)12-13-14/h4,6-7H,2-3,5H2,1H3,(H,11,15)(H,16,17). The zero-order chi connectivity index (χ0) is 13.1. The zero-order valence-corrected chi connectivity index (χ0v) is 9.87. The lowest BCUT2D eigenvalue weighted by molar-refractivity contribution is -0.122. The summed E-state index contributed by atoms with van der Waals surface area (Å²) < 4.78 is 6.52. The lowest BCUT2D eigenvalue weighted by Crippen LogP contribution is -2.40. The van der Waals surface area contributed by atoms with Crippen LogP contribution >= 0.6 is 0 Å². The van der Waals surface area contributed by atoms with Gasteiger partial charge in [0.1, 0.15) is 6.54 Å². The molecule has 0 aliphatic carbocycles. The number of nitrogens with one attached hydrogen (secondary N) is 1. The molecule has 0 aromatic carbocycles. The number of carbonyl (C=O) groups excluding carboxylic acids is 1. The molecule has 0 bridgehead atoms. The lowest BCUT2D eigenvalue weighted by atomic mass is 10.1. The number of aromatic carboxylic acids is 1. The van der Waals surface area contributed by atoms with Gasteiger partial charge in [0.2, 0.25) is 5.91 Å². The first-order valence-corrected chi connectivity index (χ1v) is 5.60. The average Bonchev–Trinajstić information content (AvgIpc) is 2.89. The molecule has 0 spiro atoms. The average molecular weight is 254 g/mol. The maximum Gasteiger partial charge on any atom is 0.358 e. The third kappa shape index (κ3) is 2.83. The van der Waals surface area contributed by atoms with Crippen molar-refractivity contribution in [3.05, 3.63) is 11.9 Å². The van der Waals surface area contributed by atoms with Gasteiger partial charge in [-0.15, -0.1) is 5.10 Å². The third-order valence-electron chi connectivity index (χ3n) is 2.79. The van der Waals surface area contributed by atoms with Gasteiger partial charge < -0.3 is 15.2 Å². The molecule has 8 nitrogen and oxygen atoms in total. The molecule has 98 valence electrons. The van der Waals surface area contributed by atoms with Crippen LogP contribution in [-0.2, 0) is 16.1 Å². The fraction of sp³-hybridized carbons (Fsp3) is 0.600. The summed E-state index contributed by atoms with van der Waals surface area (Å²) in [5.41, 5.74) is -0.180. The minimum absolute atomic E-state index is 0.0000319. The summed E-state index contributed by atoms with van der Waals surface area (Å²) in [4.78, 5) is 22.3. The van der Waals surface area contributed by atoms with E-state index in [2.05, 4.69) is 15.6 Å². The second-order valence-electron chi connectivity index (χ2n) is 4.15. The number of nitrogens with zero attached hydrogens (tertiary/aromatic N) is 3. The quantitative estimate of drug-likeness (QED) is 0.733. The Morgan fingerprint density at radius 1 is 1.67 bits per heavy atom. The maximum atomic E-state index is 11.7. The van der Waals surface area contributed by atoms with Crippen molar-refractivity contribution in [2.24, 2.45) is 0 Å². The summed E-state index contributed by atoms with van der Waals surface area (Å²) in [6, 6.07) is -0.0000319. The fourth-order valence-electron chi connectivity index (χ4n) is 1.79. The molecule has 2 rings (SSSR count). The van der Waals surface area contributed by atoms with Crippen LogP contribution in [0, 0.1) is 0 Å². The zero-order valence-electron chi connectivity index (χ0n) is 9.87. The Morgan fingerprint density at radius 3 is 3.00 bits per heavy atom. The van der Waals surface area contributed by atoms with Crippen LogP contribution in [0.1, 0.15) is 23.8 Å². The molecule has 2 atom stereocenters. The summed E-state index contributed by atoms with van der Waals surface area (Å²) in [7, 11) is 0. The van der Waals surface area contributed by atoms with E-state index in [9.17, 15) is 9.59 Å². The monoisotopic (exact) mass is 254 g/mol. The van der Waals surface area contributed by atoms with Gasteiger partial charge >= 0.3 is 5.97 Å². The summed E-state index contributed by atoms with van der Waals surface area (Å²) >= 11 is 0. The predicted octanol–water partition coefficient (Wildman–Crippen LogP) is -0.730. The van der Waals surface area contributed by atoms with E-state index in [1.54, 1.807) is 0 Å². The van der Waals surface area contributed by atoms with Crippen LogP contribution in [0.15, 0.2) is 6.20 Å². The van der Waals surface area contributed by atoms with E-state index >= 15 is 0 Å². The third-order valence-corrected chi connectivity index (χ3v) is 2.79. The highest BCUT2D eigenvalue weighted by atomic mass is 16.5. The molecule has 0 saturated carbocycles. The Hall–Kier alpha value is -1.96. The summed E-state index contributed by atoms with van der Waals surface area (Å²) in [5, 5.41) is 18.5. The number of hydrogen-bond acceptors (Lipinski definition) is 5. The van der Waals surface area contributed by atoms with Gasteiger partial charge in [-0.25, -0.2) is 9.48 Å². The molecule has 1 saturated heterocycles. The Bertz CT molecular complexity index is 458. The maximum absolute atomic E-state index is 11.7. The Balaban J connectivity index is 1.88. The van der Waals surface area contributed by atoms with E-state index in [1.165, 1.54) is 10.9 Å². The van der Waals surface area contributed by atoms with Crippen LogP contribution in [0.4, 0.5) is 0 Å². The van der Waals surface area contributed by atoms with E-state index in [0.29, 0.717) is 6.61 Å². The molecule has 18 heavy (non-hydrogen) atoms. The van der Waals surface area contributed by atoms with Gasteiger partial charge in [-0.05, 0) is 13.3 Å². The highest BCUT2D eigenvalue weighted by Gasteiger charge is 2.25. The van der Waals surface area contributed by atoms with Crippen molar-refractivity contribution in [1.82, 2.24) is 20.3 Å². The number of rotatable bonds is 4. The van der Waals surface area contributed by atoms with Crippen molar-refractivity contribution < 1.29 is 19.4 Å². The molecular formula is C10H14N4O4. The Morgan fingerprint density at radius 2 is 2.44 bits per heavy atom. The van der Waals surface area contributed by atoms with Gasteiger partial charge in [0.25, 0.3) is 0 Å². The Labute approximate surface area is 103 Å². The van der Waals surface area contributed by atoms with Crippen LogP contribution in [0.2, 0.25) is 0 Å². The highest BCUT2D eigenvalue weighted by Crippen LogP contribution is 2.12. The molecule has 1 aromatic heterocycles. The van der Waals surface area contributed by atoms with Gasteiger partial charge in [0.05, 0.1) is 18.3 Å². The van der Waals surface area contributed by atoms with Crippen molar-refractivity contribution in [1.29, 1.82) is 0 Å². The van der Waals surface area contributed by atoms with Crippen molar-refractivity contribution in [3.63, 3.8) is 0 Å². The number of hydrogen-bond donors (Lipinski definition) is 2. The molecule has 1 aliphatic rings. The topological polar surface area (TPSA) is 106 Å². The van der Waals surface area contributed by atoms with E-state index in [-0.39, 0.29) is 30.3 Å². The second kappa shape index (κ2) is 5.13. The number of carboxylic acids is 1. The Kier molecular flexibility index (Phi) is 3.56. The number of carbonyl (C=O) groups is 2. The number of ether oxygens (including phenoxy) is 1. The van der Waals surface area contributed by atoms with Crippen molar-refractivity contribution in [2.75, 3.05) is 6.61 Å². The molecule has 8 heteroatoms. The van der Waals surface area contributed by atoms with Crippen LogP contribution in [0.3, 0.4) is 0 Å². The first-order valence-electron chi connectivity index (χ1n) is 5.60. The summed E-state index contributed by atoms with van der Waals surface area (Å²) in [5.74, 6) is -1.40. The predicted molar refractivity (Wildman–Crippen MR) is 58.9 cm³/mol. The van der Waals surface area contributed by atoms with Crippen LogP contribution in [0.25, 0.3) is 0 Å². The van der Waals surface area contributed by atoms with Gasteiger partial charge in [0, 0.05) is 6.61 Å². The number of amides is 1. The summed E-state index contributed by atoms with van der Waals surface area (Å²) in [6.07, 6.45) is 2.00. The lowest BCUT2D eigenvalue weighted by Gasteiger charge is -2.15. The minimum atomic E-state index is -1.17. The van der Waals surface area contributed by atoms with E-state index in [4.69, 9.17) is 9.84 Å². The molecule has 1 aromatic rings. The van der Waals surface area contributed by atoms with Crippen molar-refractivity contribution >= 4 is 11.9 Å². The molecule has 2 unspecified atom stereocenters. The molecular weight excluding hydrogens is 240 g/mol. The van der Waals surface area contributed by atoms with Gasteiger partial charge in [-0.2, -0.15) is 0 Å². The molecule has 1 aliphatic heterocycles. The van der Waals surface area contributed by atoms with Crippen LogP contribution in [0.5, 0.6) is 0 Å². The van der Waals surface area contributed by atoms with E-state index in [1.807, 2.05) is 6.92 Å². The highest BCUT2D eigenvalue weighted by molar-refractivity contribution is 5.84. The fourth-order valence-corrected chi connectivity index (χ4v) is 1.79. The van der Waals surface area contributed by atoms with Gasteiger partial charge in [0.15, 0.2) is 5.69 Å². The smallest absolute Gasteiger partial charge is 0.358 e. The van der Waals surface area contributed by atoms with Crippen molar-refractivity contribution in [2.45, 2.75) is 32.0 Å². The first kappa shape index (κ1) is 12.5. The molecule has 2 heterocycles. The number of aromatic nitrogens is 3. The van der Waals surface area contributed by atoms with Gasteiger partial charge in [-0.1, -0.05) is 5.21 Å². The number of carboxylic acid groups (broad SMARTS) is 1. The van der Waals surface area contributed by atoms with E-state index in [0.717, 1.165) is 6.42 Å². The minimum Gasteiger partial charge on any atom is -0.476 e. The summed E-state index contributed by atoms with van der Waals surface area (Å²) in [6.45, 7) is 2.48. The van der Waals surface area contributed by atoms with Crippen LogP contribution in [-0.4, -0.2) is 50.7 Å². The SMILES string of the molecule is CC1OCCC1NC(=O)Cn1cc(C(=O)O)nn1.